The Morgan fingerprint density at radius 2 is 2.07 bits per heavy atom. The molecule has 0 radical (unpaired) electrons. The summed E-state index contributed by atoms with van der Waals surface area (Å²) in [7, 11) is 0. The van der Waals surface area contributed by atoms with E-state index in [1.54, 1.807) is 41.5 Å². The molecule has 0 saturated carbocycles. The second kappa shape index (κ2) is 8.77. The molecule has 1 fully saturated rings. The van der Waals surface area contributed by atoms with E-state index >= 15 is 0 Å². The van der Waals surface area contributed by atoms with Crippen molar-refractivity contribution in [2.45, 2.75) is 25.7 Å². The van der Waals surface area contributed by atoms with Crippen molar-refractivity contribution in [2.24, 2.45) is 0 Å². The molecular weight excluding hydrogens is 384 g/mol. The third kappa shape index (κ3) is 4.65. The molecule has 4 rings (SSSR count). The number of furan rings is 1. The van der Waals surface area contributed by atoms with Crippen LogP contribution in [0.5, 0.6) is 0 Å². The molecule has 8 heteroatoms. The van der Waals surface area contributed by atoms with Crippen LogP contribution >= 0.6 is 0 Å². The van der Waals surface area contributed by atoms with Gasteiger partial charge < -0.3 is 19.2 Å². The Hall–Kier alpha value is -3.68. The molecule has 0 aliphatic carbocycles. The molecule has 2 amide bonds. The average molecular weight is 406 g/mol. The summed E-state index contributed by atoms with van der Waals surface area (Å²) >= 11 is 0. The van der Waals surface area contributed by atoms with Gasteiger partial charge in [-0.3, -0.25) is 9.59 Å². The molecule has 0 unspecified atom stereocenters. The number of carbonyl (C=O) groups excluding carboxylic acids is 2. The lowest BCUT2D eigenvalue weighted by molar-refractivity contribution is -0.127. The molecule has 30 heavy (non-hydrogen) atoms. The van der Waals surface area contributed by atoms with E-state index in [9.17, 15) is 9.59 Å². The van der Waals surface area contributed by atoms with Crippen LogP contribution in [0.2, 0.25) is 0 Å². The van der Waals surface area contributed by atoms with Crippen LogP contribution in [0.4, 0.5) is 5.69 Å². The van der Waals surface area contributed by atoms with Gasteiger partial charge in [0.15, 0.2) is 0 Å². The molecule has 1 aliphatic rings. The van der Waals surface area contributed by atoms with Gasteiger partial charge in [-0.2, -0.15) is 4.98 Å². The zero-order chi connectivity index (χ0) is 20.9. The number of anilines is 1. The number of nitrogens with zero attached hydrogens (tertiary/aromatic N) is 3. The first-order valence-corrected chi connectivity index (χ1v) is 9.80. The normalized spacial score (nSPS) is 16.7. The zero-order valence-corrected chi connectivity index (χ0v) is 16.6. The summed E-state index contributed by atoms with van der Waals surface area (Å²) in [6, 6.07) is 10.8. The van der Waals surface area contributed by atoms with E-state index in [-0.39, 0.29) is 17.7 Å². The topological polar surface area (TPSA) is 101 Å². The summed E-state index contributed by atoms with van der Waals surface area (Å²) in [6.07, 6.45) is 6.52. The SMILES string of the molecule is CC(=O)Nc1ccc(-c2noc([C@@H]3CCCN(C(=O)/C=C/c4ccco4)C3)n2)cc1. The summed E-state index contributed by atoms with van der Waals surface area (Å²) in [5, 5.41) is 6.81. The number of hydrogen-bond acceptors (Lipinski definition) is 6. The van der Waals surface area contributed by atoms with E-state index in [0.717, 1.165) is 18.4 Å². The lowest BCUT2D eigenvalue weighted by Crippen LogP contribution is -2.38. The monoisotopic (exact) mass is 406 g/mol. The molecule has 0 bridgehead atoms. The van der Waals surface area contributed by atoms with Gasteiger partial charge in [0, 0.05) is 37.3 Å². The molecule has 8 nitrogen and oxygen atoms in total. The molecule has 3 heterocycles. The first-order valence-electron chi connectivity index (χ1n) is 9.80. The molecule has 1 aliphatic heterocycles. The zero-order valence-electron chi connectivity index (χ0n) is 16.6. The summed E-state index contributed by atoms with van der Waals surface area (Å²) in [5.41, 5.74) is 1.50. The standard InChI is InChI=1S/C22H22N4O4/c1-15(27)23-18-8-6-16(7-9-18)21-24-22(30-25-21)17-4-2-12-26(14-17)20(28)11-10-19-5-3-13-29-19/h3,5-11,13,17H,2,4,12,14H2,1H3,(H,23,27)/b11-10+/t17-/m1/s1. The van der Waals surface area contributed by atoms with Crippen molar-refractivity contribution in [1.82, 2.24) is 15.0 Å². The number of aromatic nitrogens is 2. The van der Waals surface area contributed by atoms with E-state index < -0.39 is 0 Å². The Bertz CT molecular complexity index is 1040. The van der Waals surface area contributed by atoms with Crippen molar-refractivity contribution >= 4 is 23.6 Å². The predicted molar refractivity (Wildman–Crippen MR) is 110 cm³/mol. The van der Waals surface area contributed by atoms with E-state index in [1.165, 1.54) is 13.0 Å². The number of piperidine rings is 1. The number of rotatable bonds is 5. The molecule has 1 aromatic carbocycles. The highest BCUT2D eigenvalue weighted by atomic mass is 16.5. The van der Waals surface area contributed by atoms with Gasteiger partial charge in [-0.15, -0.1) is 0 Å². The minimum Gasteiger partial charge on any atom is -0.465 e. The van der Waals surface area contributed by atoms with Crippen LogP contribution in [0.3, 0.4) is 0 Å². The number of amides is 2. The number of benzene rings is 1. The highest BCUT2D eigenvalue weighted by Gasteiger charge is 2.28. The third-order valence-corrected chi connectivity index (χ3v) is 4.92. The van der Waals surface area contributed by atoms with Crippen LogP contribution in [0.15, 0.2) is 57.7 Å². The number of likely N-dealkylation sites (tertiary alicyclic amines) is 1. The van der Waals surface area contributed by atoms with Gasteiger partial charge in [-0.25, -0.2) is 0 Å². The first-order chi connectivity index (χ1) is 14.6. The van der Waals surface area contributed by atoms with Gasteiger partial charge in [0.1, 0.15) is 5.76 Å². The van der Waals surface area contributed by atoms with Crippen LogP contribution in [0, 0.1) is 0 Å². The van der Waals surface area contributed by atoms with Crippen LogP contribution in [0.1, 0.15) is 37.3 Å². The van der Waals surface area contributed by atoms with E-state index in [2.05, 4.69) is 15.5 Å². The van der Waals surface area contributed by atoms with Gasteiger partial charge >= 0.3 is 0 Å². The van der Waals surface area contributed by atoms with Gasteiger partial charge in [0.2, 0.25) is 23.5 Å². The first kappa shape index (κ1) is 19.6. The highest BCUT2D eigenvalue weighted by Crippen LogP contribution is 2.28. The molecule has 0 spiro atoms. The Morgan fingerprint density at radius 3 is 2.80 bits per heavy atom. The molecular formula is C22H22N4O4. The third-order valence-electron chi connectivity index (χ3n) is 4.92. The van der Waals surface area contributed by atoms with Crippen molar-refractivity contribution in [3.8, 4) is 11.4 Å². The molecule has 1 atom stereocenters. The molecule has 154 valence electrons. The lowest BCUT2D eigenvalue weighted by Gasteiger charge is -2.30. The van der Waals surface area contributed by atoms with Crippen molar-refractivity contribution in [3.05, 3.63) is 60.4 Å². The maximum Gasteiger partial charge on any atom is 0.246 e. The van der Waals surface area contributed by atoms with Gasteiger partial charge in [0.25, 0.3) is 0 Å². The molecule has 1 saturated heterocycles. The van der Waals surface area contributed by atoms with Crippen LogP contribution in [0.25, 0.3) is 17.5 Å². The fourth-order valence-electron chi connectivity index (χ4n) is 3.45. The fraction of sp³-hybridized carbons (Fsp3) is 0.273. The number of hydrogen-bond donors (Lipinski definition) is 1. The Morgan fingerprint density at radius 1 is 1.23 bits per heavy atom. The van der Waals surface area contributed by atoms with Gasteiger partial charge in [-0.05, 0) is 55.3 Å². The maximum atomic E-state index is 12.5. The molecule has 2 aromatic heterocycles. The minimum atomic E-state index is -0.125. The van der Waals surface area contributed by atoms with Crippen LogP contribution in [-0.4, -0.2) is 39.9 Å². The van der Waals surface area contributed by atoms with Gasteiger partial charge in [0.05, 0.1) is 12.2 Å². The van der Waals surface area contributed by atoms with Crippen molar-refractivity contribution in [2.75, 3.05) is 18.4 Å². The van der Waals surface area contributed by atoms with Crippen molar-refractivity contribution < 1.29 is 18.5 Å². The summed E-state index contributed by atoms with van der Waals surface area (Å²) in [5.74, 6) is 1.47. The largest absolute Gasteiger partial charge is 0.465 e. The van der Waals surface area contributed by atoms with E-state index in [4.69, 9.17) is 8.94 Å². The molecule has 1 N–H and O–H groups in total. The van der Waals surface area contributed by atoms with E-state index in [0.29, 0.717) is 36.3 Å². The van der Waals surface area contributed by atoms with Crippen molar-refractivity contribution in [3.63, 3.8) is 0 Å². The maximum absolute atomic E-state index is 12.5. The van der Waals surface area contributed by atoms with Crippen LogP contribution in [-0.2, 0) is 9.59 Å². The fourth-order valence-corrected chi connectivity index (χ4v) is 3.45. The smallest absolute Gasteiger partial charge is 0.246 e. The minimum absolute atomic E-state index is 0.000356. The van der Waals surface area contributed by atoms with Crippen molar-refractivity contribution in [1.29, 1.82) is 0 Å². The second-order valence-electron chi connectivity index (χ2n) is 7.19. The predicted octanol–water partition coefficient (Wildman–Crippen LogP) is 3.71. The Labute approximate surface area is 173 Å². The Balaban J connectivity index is 1.41. The van der Waals surface area contributed by atoms with Crippen LogP contribution < -0.4 is 5.32 Å². The number of carbonyl (C=O) groups is 2. The highest BCUT2D eigenvalue weighted by molar-refractivity contribution is 5.91. The summed E-state index contributed by atoms with van der Waals surface area (Å²) in [6.45, 7) is 2.69. The number of nitrogens with one attached hydrogen (secondary N) is 1. The van der Waals surface area contributed by atoms with Gasteiger partial charge in [-0.1, -0.05) is 5.16 Å². The second-order valence-corrected chi connectivity index (χ2v) is 7.19. The quantitative estimate of drug-likeness (QED) is 0.648. The lowest BCUT2D eigenvalue weighted by atomic mass is 9.98. The molecule has 3 aromatic rings. The summed E-state index contributed by atoms with van der Waals surface area (Å²) in [4.78, 5) is 30.0. The average Bonchev–Trinajstić information content (AvgIpc) is 3.44. The summed E-state index contributed by atoms with van der Waals surface area (Å²) < 4.78 is 10.7. The Kier molecular flexibility index (Phi) is 5.74. The van der Waals surface area contributed by atoms with E-state index in [1.807, 2.05) is 12.1 Å².